The Morgan fingerprint density at radius 2 is 1.00 bits per heavy atom. The summed E-state index contributed by atoms with van der Waals surface area (Å²) < 4.78 is 6.46. The molecule has 0 N–H and O–H groups in total. The molecule has 0 atom stereocenters. The van der Waals surface area contributed by atoms with Gasteiger partial charge in [0.05, 0.1) is 0 Å². The first kappa shape index (κ1) is 40.3. The second-order valence-electron chi connectivity index (χ2n) is 14.1. The van der Waals surface area contributed by atoms with Crippen molar-refractivity contribution in [2.24, 2.45) is 0 Å². The van der Waals surface area contributed by atoms with Crippen LogP contribution in [-0.4, -0.2) is 34.9 Å². The molecule has 0 spiro atoms. The Morgan fingerprint density at radius 1 is 0.574 bits per heavy atom. The highest BCUT2D eigenvalue weighted by molar-refractivity contribution is 14.1. The zero-order valence-electron chi connectivity index (χ0n) is 30.8. The van der Waals surface area contributed by atoms with Gasteiger partial charge in [-0.05, 0) is 111 Å². The van der Waals surface area contributed by atoms with Crippen LogP contribution in [-0.2, 0) is 0 Å². The van der Waals surface area contributed by atoms with Crippen molar-refractivity contribution in [3.8, 4) is 24.2 Å². The van der Waals surface area contributed by atoms with Crippen LogP contribution in [0.5, 0.6) is 0 Å². The first-order valence-electron chi connectivity index (χ1n) is 17.0. The fraction of sp³-hybridized carbons (Fsp3) is 0.450. The van der Waals surface area contributed by atoms with Crippen molar-refractivity contribution in [3.63, 3.8) is 0 Å². The van der Waals surface area contributed by atoms with Crippen LogP contribution in [0.2, 0.25) is 33.2 Å². The van der Waals surface area contributed by atoms with Crippen molar-refractivity contribution in [1.29, 1.82) is 0 Å². The van der Waals surface area contributed by atoms with E-state index >= 15 is 0 Å². The van der Waals surface area contributed by atoms with Crippen LogP contribution < -0.4 is 0 Å². The minimum Gasteiger partial charge on any atom is -0.379 e. The predicted octanol–water partition coefficient (Wildman–Crippen LogP) is 11.5. The third-order valence-corrected chi connectivity index (χ3v) is 23.7. The molecule has 4 heterocycles. The smallest absolute Gasteiger partial charge is 0.168 e. The lowest BCUT2D eigenvalue weighted by Crippen LogP contribution is -2.51. The SMILES string of the molecule is C#Cc1ccccn1.CC(C)[Si](C(C)C)(C(C)C)n1ccc(C#Cc2ccccn2)c1.CC(C)[Si](C(C)C)(C(C)C)n1ccc(I)c1. The second kappa shape index (κ2) is 18.6. The first-order chi connectivity index (χ1) is 22.1. The van der Waals surface area contributed by atoms with E-state index in [1.807, 2.05) is 30.3 Å². The van der Waals surface area contributed by atoms with Crippen molar-refractivity contribution in [3.05, 3.63) is 106 Å². The molecule has 4 aromatic rings. The lowest BCUT2D eigenvalue weighted by molar-refractivity contribution is 0.765. The van der Waals surface area contributed by atoms with Crippen LogP contribution in [0.4, 0.5) is 0 Å². The van der Waals surface area contributed by atoms with Gasteiger partial charge in [0.25, 0.3) is 0 Å². The van der Waals surface area contributed by atoms with Gasteiger partial charge in [0.2, 0.25) is 0 Å². The summed E-state index contributed by atoms with van der Waals surface area (Å²) in [5, 5.41) is 0. The average Bonchev–Trinajstić information content (AvgIpc) is 3.66. The molecule has 7 heteroatoms. The number of aromatic nitrogens is 4. The normalized spacial score (nSPS) is 11.6. The molecule has 47 heavy (non-hydrogen) atoms. The summed E-state index contributed by atoms with van der Waals surface area (Å²) in [4.78, 5) is 8.12. The van der Waals surface area contributed by atoms with Crippen molar-refractivity contribution in [2.75, 3.05) is 0 Å². The van der Waals surface area contributed by atoms with Gasteiger partial charge < -0.3 is 8.47 Å². The summed E-state index contributed by atoms with van der Waals surface area (Å²) in [6, 6.07) is 15.7. The van der Waals surface area contributed by atoms with Crippen LogP contribution in [0, 0.1) is 27.8 Å². The second-order valence-corrected chi connectivity index (χ2v) is 26.8. The minimum atomic E-state index is -1.66. The Hall–Kier alpha value is -2.86. The molecule has 4 aromatic heterocycles. The highest BCUT2D eigenvalue weighted by Gasteiger charge is 2.45. The lowest BCUT2D eigenvalue weighted by atomic mass is 10.3. The fourth-order valence-electron chi connectivity index (χ4n) is 8.13. The van der Waals surface area contributed by atoms with Crippen LogP contribution in [0.3, 0.4) is 0 Å². The van der Waals surface area contributed by atoms with E-state index < -0.39 is 16.5 Å². The maximum absolute atomic E-state index is 5.04. The molecule has 0 aromatic carbocycles. The highest BCUT2D eigenvalue weighted by atomic mass is 127. The summed E-state index contributed by atoms with van der Waals surface area (Å²) in [7, 11) is -3.13. The molecule has 0 aliphatic carbocycles. The fourth-order valence-corrected chi connectivity index (χ4v) is 21.8. The molecule has 0 aliphatic heterocycles. The van der Waals surface area contributed by atoms with E-state index in [0.29, 0.717) is 22.3 Å². The monoisotopic (exact) mass is 776 g/mol. The van der Waals surface area contributed by atoms with Gasteiger partial charge in [0, 0.05) is 33.9 Å². The molecular weight excluding hydrogens is 720 g/mol. The summed E-state index contributed by atoms with van der Waals surface area (Å²) in [5.41, 5.74) is 6.97. The Kier molecular flexibility index (Phi) is 16.0. The quantitative estimate of drug-likeness (QED) is 0.101. The van der Waals surface area contributed by atoms with Crippen molar-refractivity contribution in [2.45, 2.75) is 116 Å². The van der Waals surface area contributed by atoms with E-state index in [1.54, 1.807) is 18.5 Å². The molecule has 0 aliphatic rings. The Balaban J connectivity index is 0.000000275. The van der Waals surface area contributed by atoms with E-state index in [0.717, 1.165) is 27.9 Å². The van der Waals surface area contributed by atoms with Gasteiger partial charge in [0.15, 0.2) is 16.5 Å². The molecule has 0 unspecified atom stereocenters. The number of halogens is 1. The summed E-state index contributed by atoms with van der Waals surface area (Å²) in [6.45, 7) is 28.7. The zero-order chi connectivity index (χ0) is 35.4. The molecule has 252 valence electrons. The van der Waals surface area contributed by atoms with Gasteiger partial charge in [-0.1, -0.05) is 107 Å². The molecule has 0 saturated carbocycles. The summed E-state index contributed by atoms with van der Waals surface area (Å²) >= 11 is 2.41. The van der Waals surface area contributed by atoms with Crippen LogP contribution in [0.15, 0.2) is 85.7 Å². The Morgan fingerprint density at radius 3 is 1.34 bits per heavy atom. The number of hydrogen-bond donors (Lipinski definition) is 0. The molecule has 0 fully saturated rings. The number of nitrogens with zero attached hydrogens (tertiary/aromatic N) is 4. The van der Waals surface area contributed by atoms with Crippen molar-refractivity contribution in [1.82, 2.24) is 18.4 Å². The number of pyridine rings is 2. The van der Waals surface area contributed by atoms with Gasteiger partial charge in [0.1, 0.15) is 11.4 Å². The third-order valence-electron chi connectivity index (χ3n) is 9.61. The van der Waals surface area contributed by atoms with E-state index in [4.69, 9.17) is 6.42 Å². The van der Waals surface area contributed by atoms with Gasteiger partial charge in [-0.2, -0.15) is 0 Å². The number of terminal acetylenes is 1. The maximum Gasteiger partial charge on any atom is 0.168 e. The van der Waals surface area contributed by atoms with Gasteiger partial charge in [-0.15, -0.1) is 6.42 Å². The van der Waals surface area contributed by atoms with Crippen LogP contribution in [0.1, 0.15) is 100 Å². The number of hydrogen-bond acceptors (Lipinski definition) is 2. The lowest BCUT2D eigenvalue weighted by Gasteiger charge is -2.44. The molecular formula is C40H57IN4Si2. The van der Waals surface area contributed by atoms with Crippen LogP contribution in [0.25, 0.3) is 0 Å². The van der Waals surface area contributed by atoms with E-state index in [1.165, 1.54) is 3.57 Å². The molecule has 4 rings (SSSR count). The third kappa shape index (κ3) is 9.84. The summed E-state index contributed by atoms with van der Waals surface area (Å²) in [5.74, 6) is 8.83. The molecule has 0 bridgehead atoms. The predicted molar refractivity (Wildman–Crippen MR) is 217 cm³/mol. The van der Waals surface area contributed by atoms with E-state index in [9.17, 15) is 0 Å². The van der Waals surface area contributed by atoms with Crippen LogP contribution >= 0.6 is 22.6 Å². The van der Waals surface area contributed by atoms with E-state index in [-0.39, 0.29) is 0 Å². The van der Waals surface area contributed by atoms with Gasteiger partial charge in [-0.25, -0.2) is 9.97 Å². The topological polar surface area (TPSA) is 35.6 Å². The van der Waals surface area contributed by atoms with Gasteiger partial charge >= 0.3 is 0 Å². The molecule has 0 amide bonds. The van der Waals surface area contributed by atoms with Crippen molar-refractivity contribution >= 4 is 39.1 Å². The summed E-state index contributed by atoms with van der Waals surface area (Å²) in [6.07, 6.45) is 17.6. The van der Waals surface area contributed by atoms with Gasteiger partial charge in [-0.3, -0.25) is 0 Å². The Bertz CT molecular complexity index is 1540. The largest absolute Gasteiger partial charge is 0.379 e. The standard InChI is InChI=1S/C20H28N2Si.C13H24INSi.C7H5N/c1-16(2)23(17(3)4,18(5)6)22-14-12-19(15-22)10-11-20-9-7-8-13-21-20;1-10(2)16(11(3)4,12(5)6)15-8-7-13(14)9-15;1-2-7-5-3-4-6-8-7/h7-9,12-18H,1-6H3;7-12H,1-6H3;1,3-6H. The molecule has 4 nitrogen and oxygen atoms in total. The molecule has 0 radical (unpaired) electrons. The average molecular weight is 777 g/mol. The van der Waals surface area contributed by atoms with E-state index in [2.05, 4.69) is 179 Å². The first-order valence-corrected chi connectivity index (χ1v) is 22.4. The number of rotatable bonds is 8. The Labute approximate surface area is 302 Å². The van der Waals surface area contributed by atoms with Crippen molar-refractivity contribution < 1.29 is 0 Å². The molecule has 0 saturated heterocycles. The minimum absolute atomic E-state index is 0.687. The maximum atomic E-state index is 5.04. The highest BCUT2D eigenvalue weighted by Crippen LogP contribution is 2.43. The zero-order valence-corrected chi connectivity index (χ0v) is 34.9.